The van der Waals surface area contributed by atoms with E-state index in [9.17, 15) is 19.8 Å². The van der Waals surface area contributed by atoms with Crippen LogP contribution in [0.5, 0.6) is 0 Å². The summed E-state index contributed by atoms with van der Waals surface area (Å²) in [5, 5.41) is 22.9. The van der Waals surface area contributed by atoms with Crippen molar-refractivity contribution >= 4 is 11.8 Å². The SMILES string of the molecule is CC(=O)NC[C@]1(O)CCN(C(=O)/C=C/CN(C)C)C[C@H]1O. The van der Waals surface area contributed by atoms with Crippen molar-refractivity contribution in [1.82, 2.24) is 15.1 Å². The van der Waals surface area contributed by atoms with Gasteiger partial charge in [0.05, 0.1) is 0 Å². The lowest BCUT2D eigenvalue weighted by atomic mass is 9.88. The number of nitrogens with zero attached hydrogens (tertiary/aromatic N) is 2. The van der Waals surface area contributed by atoms with Crippen molar-refractivity contribution in [1.29, 1.82) is 0 Å². The molecule has 0 spiro atoms. The van der Waals surface area contributed by atoms with Crippen LogP contribution < -0.4 is 5.32 Å². The third kappa shape index (κ3) is 5.45. The van der Waals surface area contributed by atoms with Crippen molar-refractivity contribution in [3.8, 4) is 0 Å². The van der Waals surface area contributed by atoms with Gasteiger partial charge in [0.25, 0.3) is 0 Å². The fourth-order valence-electron chi connectivity index (χ4n) is 2.12. The Labute approximate surface area is 125 Å². The summed E-state index contributed by atoms with van der Waals surface area (Å²) in [5.41, 5.74) is -1.38. The number of likely N-dealkylation sites (N-methyl/N-ethyl adjacent to an activating group) is 1. The van der Waals surface area contributed by atoms with Gasteiger partial charge < -0.3 is 25.3 Å². The molecule has 1 saturated heterocycles. The number of likely N-dealkylation sites (tertiary alicyclic amines) is 1. The molecule has 1 fully saturated rings. The number of nitrogens with one attached hydrogen (secondary N) is 1. The number of β-amino-alcohol motifs (C(OH)–C–C–N with tert-alkyl or cyclic N) is 1. The van der Waals surface area contributed by atoms with Crippen LogP contribution in [0.2, 0.25) is 0 Å². The number of hydrogen-bond acceptors (Lipinski definition) is 5. The Kier molecular flexibility index (Phi) is 6.32. The molecule has 1 heterocycles. The van der Waals surface area contributed by atoms with E-state index in [1.54, 1.807) is 6.08 Å². The summed E-state index contributed by atoms with van der Waals surface area (Å²) >= 11 is 0. The fraction of sp³-hybridized carbons (Fsp3) is 0.714. The van der Waals surface area contributed by atoms with Gasteiger partial charge in [-0.1, -0.05) is 6.08 Å². The van der Waals surface area contributed by atoms with Crippen LogP contribution in [0.3, 0.4) is 0 Å². The van der Waals surface area contributed by atoms with Crippen LogP contribution in [-0.2, 0) is 9.59 Å². The zero-order valence-electron chi connectivity index (χ0n) is 12.9. The van der Waals surface area contributed by atoms with Gasteiger partial charge in [0, 0.05) is 39.2 Å². The number of aliphatic hydroxyl groups is 2. The van der Waals surface area contributed by atoms with Crippen LogP contribution in [0.1, 0.15) is 13.3 Å². The molecule has 0 aromatic rings. The Hall–Kier alpha value is -1.44. The normalized spacial score (nSPS) is 26.4. The van der Waals surface area contributed by atoms with Gasteiger partial charge in [-0.25, -0.2) is 0 Å². The van der Waals surface area contributed by atoms with Gasteiger partial charge in [-0.15, -0.1) is 0 Å². The topological polar surface area (TPSA) is 93.1 Å². The molecule has 2 atom stereocenters. The first-order valence-electron chi connectivity index (χ1n) is 6.99. The Morgan fingerprint density at radius 1 is 1.48 bits per heavy atom. The maximum absolute atomic E-state index is 12.0. The van der Waals surface area contributed by atoms with Crippen LogP contribution in [0.15, 0.2) is 12.2 Å². The van der Waals surface area contributed by atoms with Gasteiger partial charge >= 0.3 is 0 Å². The molecule has 3 N–H and O–H groups in total. The molecular weight excluding hydrogens is 274 g/mol. The maximum atomic E-state index is 12.0. The molecule has 0 bridgehead atoms. The molecule has 0 radical (unpaired) electrons. The third-order valence-corrected chi connectivity index (χ3v) is 3.51. The maximum Gasteiger partial charge on any atom is 0.246 e. The lowest BCUT2D eigenvalue weighted by molar-refractivity contribution is -0.146. The third-order valence-electron chi connectivity index (χ3n) is 3.51. The molecule has 7 nitrogen and oxygen atoms in total. The number of rotatable bonds is 5. The van der Waals surface area contributed by atoms with E-state index < -0.39 is 11.7 Å². The Balaban J connectivity index is 2.53. The first-order valence-corrected chi connectivity index (χ1v) is 6.99. The van der Waals surface area contributed by atoms with E-state index in [4.69, 9.17) is 0 Å². The van der Waals surface area contributed by atoms with Crippen LogP contribution in [0.4, 0.5) is 0 Å². The largest absolute Gasteiger partial charge is 0.388 e. The Morgan fingerprint density at radius 2 is 2.14 bits per heavy atom. The highest BCUT2D eigenvalue weighted by Crippen LogP contribution is 2.22. The van der Waals surface area contributed by atoms with Crippen molar-refractivity contribution < 1.29 is 19.8 Å². The van der Waals surface area contributed by atoms with Crippen molar-refractivity contribution in [2.24, 2.45) is 0 Å². The van der Waals surface area contributed by atoms with E-state index in [-0.39, 0.29) is 31.3 Å². The molecule has 1 aliphatic heterocycles. The van der Waals surface area contributed by atoms with Gasteiger partial charge in [-0.3, -0.25) is 9.59 Å². The second-order valence-corrected chi connectivity index (χ2v) is 5.73. The summed E-state index contributed by atoms with van der Waals surface area (Å²) in [7, 11) is 3.81. The predicted molar refractivity (Wildman–Crippen MR) is 78.5 cm³/mol. The number of hydrogen-bond donors (Lipinski definition) is 3. The quantitative estimate of drug-likeness (QED) is 0.541. The van der Waals surface area contributed by atoms with E-state index in [0.29, 0.717) is 13.1 Å². The second-order valence-electron chi connectivity index (χ2n) is 5.73. The molecular formula is C14H25N3O4. The van der Waals surface area contributed by atoms with E-state index in [1.165, 1.54) is 17.9 Å². The number of aliphatic hydroxyl groups excluding tert-OH is 1. The highest BCUT2D eigenvalue weighted by atomic mass is 16.3. The van der Waals surface area contributed by atoms with Crippen molar-refractivity contribution in [2.75, 3.05) is 40.3 Å². The summed E-state index contributed by atoms with van der Waals surface area (Å²) in [6, 6.07) is 0. The van der Waals surface area contributed by atoms with Crippen LogP contribution >= 0.6 is 0 Å². The van der Waals surface area contributed by atoms with E-state index in [1.807, 2.05) is 19.0 Å². The standard InChI is InChI=1S/C14H25N3O4/c1-11(18)15-10-14(21)6-8-17(9-12(14)19)13(20)5-4-7-16(2)3/h4-5,12,19,21H,6-10H2,1-3H3,(H,15,18)/b5-4+/t12-,14-/m1/s1. The second kappa shape index (κ2) is 7.53. The van der Waals surface area contributed by atoms with Gasteiger partial charge in [0.1, 0.15) is 11.7 Å². The lowest BCUT2D eigenvalue weighted by Gasteiger charge is -2.41. The molecule has 1 aliphatic rings. The molecule has 21 heavy (non-hydrogen) atoms. The first-order chi connectivity index (χ1) is 9.74. The van der Waals surface area contributed by atoms with Crippen molar-refractivity contribution in [2.45, 2.75) is 25.0 Å². The molecule has 0 saturated carbocycles. The van der Waals surface area contributed by atoms with Crippen LogP contribution in [0, 0.1) is 0 Å². The van der Waals surface area contributed by atoms with E-state index in [0.717, 1.165) is 0 Å². The predicted octanol–water partition coefficient (Wildman–Crippen LogP) is -1.44. The minimum atomic E-state index is -1.38. The highest BCUT2D eigenvalue weighted by Gasteiger charge is 2.41. The molecule has 2 amide bonds. The Bertz CT molecular complexity index is 411. The number of amides is 2. The van der Waals surface area contributed by atoms with Crippen molar-refractivity contribution in [3.63, 3.8) is 0 Å². The molecule has 0 unspecified atom stereocenters. The van der Waals surface area contributed by atoms with Crippen molar-refractivity contribution in [3.05, 3.63) is 12.2 Å². The summed E-state index contributed by atoms with van der Waals surface area (Å²) in [6.45, 7) is 2.40. The van der Waals surface area contributed by atoms with Gasteiger partial charge in [0.2, 0.25) is 11.8 Å². The van der Waals surface area contributed by atoms with Crippen LogP contribution in [-0.4, -0.2) is 83.8 Å². The molecule has 0 aliphatic carbocycles. The average Bonchev–Trinajstić information content (AvgIpc) is 2.39. The first kappa shape index (κ1) is 17.6. The number of carbonyl (C=O) groups excluding carboxylic acids is 2. The molecule has 120 valence electrons. The minimum absolute atomic E-state index is 0.0119. The molecule has 0 aromatic heterocycles. The van der Waals surface area contributed by atoms with E-state index >= 15 is 0 Å². The van der Waals surface area contributed by atoms with Crippen LogP contribution in [0.25, 0.3) is 0 Å². The number of carbonyl (C=O) groups is 2. The monoisotopic (exact) mass is 299 g/mol. The lowest BCUT2D eigenvalue weighted by Crippen LogP contribution is -2.60. The zero-order chi connectivity index (χ0) is 16.0. The number of piperidine rings is 1. The summed E-state index contributed by atoms with van der Waals surface area (Å²) in [6.07, 6.45) is 2.38. The molecule has 0 aromatic carbocycles. The van der Waals surface area contributed by atoms with Gasteiger partial charge in [-0.05, 0) is 20.5 Å². The highest BCUT2D eigenvalue weighted by molar-refractivity contribution is 5.87. The molecule has 7 heteroatoms. The Morgan fingerprint density at radius 3 is 2.67 bits per heavy atom. The fourth-order valence-corrected chi connectivity index (χ4v) is 2.12. The summed E-state index contributed by atoms with van der Waals surface area (Å²) in [5.74, 6) is -0.446. The molecule has 1 rings (SSSR count). The summed E-state index contributed by atoms with van der Waals surface area (Å²) in [4.78, 5) is 26.3. The minimum Gasteiger partial charge on any atom is -0.388 e. The average molecular weight is 299 g/mol. The van der Waals surface area contributed by atoms with Gasteiger partial charge in [0.15, 0.2) is 0 Å². The van der Waals surface area contributed by atoms with Gasteiger partial charge in [-0.2, -0.15) is 0 Å². The zero-order valence-corrected chi connectivity index (χ0v) is 12.9. The summed E-state index contributed by atoms with van der Waals surface area (Å²) < 4.78 is 0. The smallest absolute Gasteiger partial charge is 0.246 e. The van der Waals surface area contributed by atoms with E-state index in [2.05, 4.69) is 5.32 Å².